The zero-order valence-corrected chi connectivity index (χ0v) is 12.2. The van der Waals surface area contributed by atoms with Gasteiger partial charge in [-0.25, -0.2) is 0 Å². The Bertz CT molecular complexity index is 362. The van der Waals surface area contributed by atoms with Crippen LogP contribution >= 0.6 is 0 Å². The van der Waals surface area contributed by atoms with Gasteiger partial charge in [0.25, 0.3) is 0 Å². The van der Waals surface area contributed by atoms with Gasteiger partial charge in [-0.3, -0.25) is 4.90 Å². The molecule has 1 aromatic carbocycles. The Morgan fingerprint density at radius 1 is 1.32 bits per heavy atom. The summed E-state index contributed by atoms with van der Waals surface area (Å²) >= 11 is 0. The van der Waals surface area contributed by atoms with Crippen molar-refractivity contribution in [3.8, 4) is 5.75 Å². The molecule has 0 bridgehead atoms. The third kappa shape index (κ3) is 4.84. The number of likely N-dealkylation sites (tertiary alicyclic amines) is 1. The molecule has 1 aliphatic heterocycles. The van der Waals surface area contributed by atoms with Crippen LogP contribution < -0.4 is 10.1 Å². The van der Waals surface area contributed by atoms with Crippen molar-refractivity contribution in [2.24, 2.45) is 5.92 Å². The van der Waals surface area contributed by atoms with E-state index in [0.29, 0.717) is 0 Å². The fraction of sp³-hybridized carbons (Fsp3) is 0.625. The van der Waals surface area contributed by atoms with Crippen molar-refractivity contribution in [1.82, 2.24) is 10.2 Å². The van der Waals surface area contributed by atoms with E-state index in [1.807, 2.05) is 7.05 Å². The highest BCUT2D eigenvalue weighted by Crippen LogP contribution is 2.16. The number of hydrogen-bond acceptors (Lipinski definition) is 3. The Morgan fingerprint density at radius 3 is 2.84 bits per heavy atom. The van der Waals surface area contributed by atoms with Gasteiger partial charge in [0.1, 0.15) is 12.4 Å². The average Bonchev–Trinajstić information content (AvgIpc) is 2.42. The van der Waals surface area contributed by atoms with Crippen LogP contribution in [0.4, 0.5) is 0 Å². The second-order valence-electron chi connectivity index (χ2n) is 5.53. The molecule has 0 saturated carbocycles. The summed E-state index contributed by atoms with van der Waals surface area (Å²) in [6.07, 6.45) is 2.67. The van der Waals surface area contributed by atoms with E-state index in [4.69, 9.17) is 4.74 Å². The highest BCUT2D eigenvalue weighted by Gasteiger charge is 2.18. The maximum Gasteiger partial charge on any atom is 0.119 e. The van der Waals surface area contributed by atoms with Crippen LogP contribution in [-0.4, -0.2) is 44.7 Å². The third-order valence-electron chi connectivity index (χ3n) is 3.79. The van der Waals surface area contributed by atoms with Gasteiger partial charge in [0.05, 0.1) is 0 Å². The van der Waals surface area contributed by atoms with Crippen molar-refractivity contribution in [1.29, 1.82) is 0 Å². The zero-order chi connectivity index (χ0) is 13.5. The average molecular weight is 262 g/mol. The first kappa shape index (κ1) is 14.4. The molecule has 1 atom stereocenters. The largest absolute Gasteiger partial charge is 0.492 e. The number of benzene rings is 1. The number of nitrogens with zero attached hydrogens (tertiary/aromatic N) is 1. The van der Waals surface area contributed by atoms with Crippen molar-refractivity contribution in [2.45, 2.75) is 19.8 Å². The molecule has 1 saturated heterocycles. The predicted octanol–water partition coefficient (Wildman–Crippen LogP) is 2.31. The molecule has 1 unspecified atom stereocenters. The molecule has 1 aliphatic rings. The molecule has 1 fully saturated rings. The van der Waals surface area contributed by atoms with Crippen molar-refractivity contribution in [3.63, 3.8) is 0 Å². The highest BCUT2D eigenvalue weighted by molar-refractivity contribution is 5.26. The van der Waals surface area contributed by atoms with Gasteiger partial charge in [-0.2, -0.15) is 0 Å². The number of aryl methyl sites for hydroxylation is 1. The highest BCUT2D eigenvalue weighted by atomic mass is 16.5. The number of hydrogen-bond donors (Lipinski definition) is 1. The predicted molar refractivity (Wildman–Crippen MR) is 79.8 cm³/mol. The van der Waals surface area contributed by atoms with Crippen LogP contribution in [0.2, 0.25) is 0 Å². The molecule has 0 aliphatic carbocycles. The number of ether oxygens (including phenoxy) is 1. The lowest BCUT2D eigenvalue weighted by Crippen LogP contribution is -2.40. The van der Waals surface area contributed by atoms with Gasteiger partial charge in [-0.1, -0.05) is 17.7 Å². The van der Waals surface area contributed by atoms with Crippen LogP contribution in [0, 0.1) is 12.8 Å². The third-order valence-corrected chi connectivity index (χ3v) is 3.79. The smallest absolute Gasteiger partial charge is 0.119 e. The summed E-state index contributed by atoms with van der Waals surface area (Å²) in [4.78, 5) is 2.53. The number of piperidine rings is 1. The van der Waals surface area contributed by atoms with Crippen LogP contribution in [0.3, 0.4) is 0 Å². The van der Waals surface area contributed by atoms with Crippen LogP contribution in [0.15, 0.2) is 24.3 Å². The maximum absolute atomic E-state index is 5.80. The first-order valence-corrected chi connectivity index (χ1v) is 7.34. The van der Waals surface area contributed by atoms with Crippen LogP contribution in [0.1, 0.15) is 18.4 Å². The first-order valence-electron chi connectivity index (χ1n) is 7.34. The molecule has 1 aromatic rings. The summed E-state index contributed by atoms with van der Waals surface area (Å²) < 4.78 is 5.80. The minimum Gasteiger partial charge on any atom is -0.492 e. The van der Waals surface area contributed by atoms with E-state index in [1.165, 1.54) is 31.5 Å². The van der Waals surface area contributed by atoms with E-state index in [1.54, 1.807) is 0 Å². The molecular formula is C16H26N2O. The molecule has 1 N–H and O–H groups in total. The van der Waals surface area contributed by atoms with Gasteiger partial charge in [-0.15, -0.1) is 0 Å². The van der Waals surface area contributed by atoms with Gasteiger partial charge in [0.2, 0.25) is 0 Å². The molecule has 106 valence electrons. The SMILES string of the molecule is CNCC1CCCN(CCOc2ccc(C)cc2)C1. The van der Waals surface area contributed by atoms with E-state index < -0.39 is 0 Å². The minimum atomic E-state index is 0.787. The van der Waals surface area contributed by atoms with E-state index >= 15 is 0 Å². The lowest BCUT2D eigenvalue weighted by Gasteiger charge is -2.32. The second kappa shape index (κ2) is 7.51. The van der Waals surface area contributed by atoms with Crippen molar-refractivity contribution in [2.75, 3.05) is 39.8 Å². The first-order chi connectivity index (χ1) is 9.28. The molecule has 0 radical (unpaired) electrons. The number of nitrogens with one attached hydrogen (secondary N) is 1. The Kier molecular flexibility index (Phi) is 5.67. The lowest BCUT2D eigenvalue weighted by molar-refractivity contribution is 0.146. The topological polar surface area (TPSA) is 24.5 Å². The summed E-state index contributed by atoms with van der Waals surface area (Å²) in [6.45, 7) is 7.48. The number of rotatable bonds is 6. The van der Waals surface area contributed by atoms with Gasteiger partial charge in [-0.05, 0) is 58.0 Å². The molecule has 0 spiro atoms. The van der Waals surface area contributed by atoms with E-state index in [9.17, 15) is 0 Å². The molecule has 1 heterocycles. The fourth-order valence-electron chi connectivity index (χ4n) is 2.74. The van der Waals surface area contributed by atoms with Gasteiger partial charge in [0.15, 0.2) is 0 Å². The molecule has 3 nitrogen and oxygen atoms in total. The lowest BCUT2D eigenvalue weighted by atomic mass is 9.98. The van der Waals surface area contributed by atoms with E-state index in [0.717, 1.165) is 31.4 Å². The van der Waals surface area contributed by atoms with Crippen molar-refractivity contribution < 1.29 is 4.74 Å². The van der Waals surface area contributed by atoms with Gasteiger partial charge >= 0.3 is 0 Å². The molecule has 0 aromatic heterocycles. The summed E-state index contributed by atoms with van der Waals surface area (Å²) in [5.41, 5.74) is 1.28. The normalized spacial score (nSPS) is 20.4. The summed E-state index contributed by atoms with van der Waals surface area (Å²) in [5.74, 6) is 1.78. The van der Waals surface area contributed by atoms with Crippen molar-refractivity contribution in [3.05, 3.63) is 29.8 Å². The van der Waals surface area contributed by atoms with Gasteiger partial charge in [0, 0.05) is 13.1 Å². The van der Waals surface area contributed by atoms with Gasteiger partial charge < -0.3 is 10.1 Å². The molecule has 3 heteroatoms. The molecule has 2 rings (SSSR count). The van der Waals surface area contributed by atoms with E-state index in [-0.39, 0.29) is 0 Å². The van der Waals surface area contributed by atoms with Crippen LogP contribution in [0.5, 0.6) is 5.75 Å². The molecule has 19 heavy (non-hydrogen) atoms. The Morgan fingerprint density at radius 2 is 2.11 bits per heavy atom. The molecule has 0 amide bonds. The minimum absolute atomic E-state index is 0.787. The summed E-state index contributed by atoms with van der Waals surface area (Å²) in [6, 6.07) is 8.29. The molecular weight excluding hydrogens is 236 g/mol. The quantitative estimate of drug-likeness (QED) is 0.851. The van der Waals surface area contributed by atoms with E-state index in [2.05, 4.69) is 41.4 Å². The monoisotopic (exact) mass is 262 g/mol. The standard InChI is InChI=1S/C16H26N2O/c1-14-5-7-16(8-6-14)19-11-10-18-9-3-4-15(13-18)12-17-2/h5-8,15,17H,3-4,9-13H2,1-2H3. The maximum atomic E-state index is 5.80. The second-order valence-corrected chi connectivity index (χ2v) is 5.53. The Hall–Kier alpha value is -1.06. The van der Waals surface area contributed by atoms with Crippen molar-refractivity contribution >= 4 is 0 Å². The van der Waals surface area contributed by atoms with Crippen LogP contribution in [0.25, 0.3) is 0 Å². The summed E-state index contributed by atoms with van der Waals surface area (Å²) in [5, 5.41) is 3.29. The fourth-order valence-corrected chi connectivity index (χ4v) is 2.74. The van der Waals surface area contributed by atoms with Crippen LogP contribution in [-0.2, 0) is 0 Å². The summed E-state index contributed by atoms with van der Waals surface area (Å²) in [7, 11) is 2.04. The zero-order valence-electron chi connectivity index (χ0n) is 12.2. The Labute approximate surface area is 116 Å². The Balaban J connectivity index is 1.69.